The number of halogens is 1. The molecule has 1 saturated carbocycles. The number of ether oxygens (including phenoxy) is 1. The molecule has 2 aromatic rings. The van der Waals surface area contributed by atoms with Gasteiger partial charge in [-0.2, -0.15) is 10.1 Å². The predicted octanol–water partition coefficient (Wildman–Crippen LogP) is 3.45. The molecule has 2 aliphatic carbocycles. The Hall–Kier alpha value is -3.88. The Balaban J connectivity index is 1.41. The van der Waals surface area contributed by atoms with Gasteiger partial charge in [0.2, 0.25) is 0 Å². The summed E-state index contributed by atoms with van der Waals surface area (Å²) in [5.74, 6) is -1.61. The van der Waals surface area contributed by atoms with E-state index in [1.54, 1.807) is 18.2 Å². The number of non-ortho nitro benzene ring substituents is 1. The summed E-state index contributed by atoms with van der Waals surface area (Å²) in [6.07, 6.45) is 5.98. The number of allylic oxidation sites excluding steroid dienone is 2. The van der Waals surface area contributed by atoms with Crippen LogP contribution >= 0.6 is 0 Å². The van der Waals surface area contributed by atoms with Gasteiger partial charge in [-0.1, -0.05) is 30.4 Å². The number of rotatable bonds is 6. The van der Waals surface area contributed by atoms with Crippen LogP contribution in [0.25, 0.3) is 0 Å². The fourth-order valence-electron chi connectivity index (χ4n) is 4.77. The van der Waals surface area contributed by atoms with Crippen LogP contribution in [0.1, 0.15) is 17.5 Å². The lowest BCUT2D eigenvalue weighted by Gasteiger charge is -2.13. The topological polar surface area (TPSA) is 102 Å². The molecule has 1 saturated heterocycles. The first-order chi connectivity index (χ1) is 15.4. The van der Waals surface area contributed by atoms with Crippen LogP contribution in [0.2, 0.25) is 0 Å². The van der Waals surface area contributed by atoms with E-state index in [0.717, 1.165) is 11.4 Å². The van der Waals surface area contributed by atoms with E-state index in [9.17, 15) is 24.1 Å². The highest BCUT2D eigenvalue weighted by Gasteiger charge is 2.59. The van der Waals surface area contributed by atoms with Gasteiger partial charge in [0.1, 0.15) is 18.2 Å². The summed E-state index contributed by atoms with van der Waals surface area (Å²) in [5, 5.41) is 16.1. The molecule has 0 N–H and O–H groups in total. The molecule has 8 nitrogen and oxygen atoms in total. The van der Waals surface area contributed by atoms with Crippen LogP contribution in [0.3, 0.4) is 0 Å². The van der Waals surface area contributed by atoms with E-state index in [1.165, 1.54) is 30.5 Å². The molecule has 2 bridgehead atoms. The molecule has 32 heavy (non-hydrogen) atoms. The average Bonchev–Trinajstić information content (AvgIpc) is 3.46. The van der Waals surface area contributed by atoms with E-state index in [4.69, 9.17) is 4.74 Å². The van der Waals surface area contributed by atoms with Crippen molar-refractivity contribution in [2.24, 2.45) is 28.8 Å². The van der Waals surface area contributed by atoms with Gasteiger partial charge in [0.15, 0.2) is 0 Å². The second-order valence-electron chi connectivity index (χ2n) is 8.09. The van der Waals surface area contributed by atoms with Crippen molar-refractivity contribution in [1.82, 2.24) is 5.01 Å². The quantitative estimate of drug-likeness (QED) is 0.227. The van der Waals surface area contributed by atoms with Gasteiger partial charge in [-0.05, 0) is 30.4 Å². The van der Waals surface area contributed by atoms with Gasteiger partial charge in [0.25, 0.3) is 17.5 Å². The molecule has 4 atom stereocenters. The van der Waals surface area contributed by atoms with Crippen molar-refractivity contribution >= 4 is 23.7 Å². The number of carbonyl (C=O) groups is 2. The summed E-state index contributed by atoms with van der Waals surface area (Å²) in [4.78, 5) is 36.2. The standard InChI is InChI=1S/C23H18FN3O5/c24-18-4-2-1-3-15(18)12-32-19-8-7-17(27(30)31)10-16(19)11-25-26-22(28)20-13-5-6-14(9-13)21(20)23(26)29/h1-8,10-11,13-14,20-21H,9,12H2. The molecule has 3 aliphatic rings. The fourth-order valence-corrected chi connectivity index (χ4v) is 4.77. The third kappa shape index (κ3) is 3.26. The van der Waals surface area contributed by atoms with E-state index < -0.39 is 22.6 Å². The van der Waals surface area contributed by atoms with Gasteiger partial charge in [-0.25, -0.2) is 4.39 Å². The normalized spacial score (nSPS) is 25.7. The molecule has 162 valence electrons. The van der Waals surface area contributed by atoms with Gasteiger partial charge in [-0.15, -0.1) is 0 Å². The van der Waals surface area contributed by atoms with E-state index in [2.05, 4.69) is 5.10 Å². The lowest BCUT2D eigenvalue weighted by Crippen LogP contribution is -2.28. The van der Waals surface area contributed by atoms with Crippen LogP contribution in [-0.2, 0) is 16.2 Å². The number of hydrogen-bond acceptors (Lipinski definition) is 6. The first-order valence-electron chi connectivity index (χ1n) is 10.2. The Morgan fingerprint density at radius 3 is 2.47 bits per heavy atom. The summed E-state index contributed by atoms with van der Waals surface area (Å²) in [7, 11) is 0. The van der Waals surface area contributed by atoms with Crippen molar-refractivity contribution in [1.29, 1.82) is 0 Å². The number of nitrogens with zero attached hydrogens (tertiary/aromatic N) is 3. The molecule has 9 heteroatoms. The average molecular weight is 435 g/mol. The largest absolute Gasteiger partial charge is 0.488 e. The summed E-state index contributed by atoms with van der Waals surface area (Å²) in [6.45, 7) is -0.105. The SMILES string of the molecule is O=C1C2C3C=CC(C3)C2C(=O)N1N=Cc1cc([N+](=O)[O-])ccc1OCc1ccccc1F. The molecule has 2 aromatic carbocycles. The first kappa shape index (κ1) is 20.0. The molecule has 2 amide bonds. The minimum absolute atomic E-state index is 0.0547. The Labute approximate surface area is 182 Å². The van der Waals surface area contributed by atoms with Crippen molar-refractivity contribution in [2.45, 2.75) is 13.0 Å². The first-order valence-corrected chi connectivity index (χ1v) is 10.2. The molecular weight excluding hydrogens is 417 g/mol. The number of nitro groups is 1. The van der Waals surface area contributed by atoms with E-state index in [0.29, 0.717) is 5.56 Å². The smallest absolute Gasteiger partial charge is 0.270 e. The lowest BCUT2D eigenvalue weighted by molar-refractivity contribution is -0.384. The highest BCUT2D eigenvalue weighted by Crippen LogP contribution is 2.52. The number of carbonyl (C=O) groups excluding carboxylic acids is 2. The summed E-state index contributed by atoms with van der Waals surface area (Å²) in [5.41, 5.74) is 0.312. The van der Waals surface area contributed by atoms with Crippen molar-refractivity contribution in [3.63, 3.8) is 0 Å². The lowest BCUT2D eigenvalue weighted by atomic mass is 9.85. The zero-order chi connectivity index (χ0) is 22.4. The Morgan fingerprint density at radius 2 is 1.81 bits per heavy atom. The predicted molar refractivity (Wildman–Crippen MR) is 111 cm³/mol. The molecule has 1 aliphatic heterocycles. The molecule has 0 spiro atoms. The van der Waals surface area contributed by atoms with Crippen molar-refractivity contribution in [3.8, 4) is 5.75 Å². The number of hydrogen-bond donors (Lipinski definition) is 0. The molecule has 5 rings (SSSR count). The number of nitro benzene ring substituents is 1. The Bertz CT molecular complexity index is 1160. The summed E-state index contributed by atoms with van der Waals surface area (Å²) < 4.78 is 19.6. The van der Waals surface area contributed by atoms with Gasteiger partial charge in [0, 0.05) is 23.3 Å². The van der Waals surface area contributed by atoms with Crippen LogP contribution in [-0.4, -0.2) is 28.0 Å². The fraction of sp³-hybridized carbons (Fsp3) is 0.261. The zero-order valence-electron chi connectivity index (χ0n) is 16.8. The van der Waals surface area contributed by atoms with Crippen LogP contribution in [0.15, 0.2) is 59.7 Å². The van der Waals surface area contributed by atoms with E-state index in [1.807, 2.05) is 12.2 Å². The number of benzene rings is 2. The van der Waals surface area contributed by atoms with Gasteiger partial charge >= 0.3 is 0 Å². The molecule has 0 aromatic heterocycles. The third-order valence-electron chi connectivity index (χ3n) is 6.30. The van der Waals surface area contributed by atoms with Crippen LogP contribution in [0.4, 0.5) is 10.1 Å². The summed E-state index contributed by atoms with van der Waals surface area (Å²) in [6, 6.07) is 9.98. The second-order valence-corrected chi connectivity index (χ2v) is 8.09. The maximum atomic E-state index is 13.9. The van der Waals surface area contributed by atoms with Crippen LogP contribution in [0.5, 0.6) is 5.75 Å². The molecule has 0 radical (unpaired) electrons. The monoisotopic (exact) mass is 435 g/mol. The number of fused-ring (bicyclic) bond motifs is 5. The Morgan fingerprint density at radius 1 is 1.12 bits per heavy atom. The summed E-state index contributed by atoms with van der Waals surface area (Å²) >= 11 is 0. The number of hydrazone groups is 1. The highest BCUT2D eigenvalue weighted by atomic mass is 19.1. The van der Waals surface area contributed by atoms with Crippen molar-refractivity contribution < 1.29 is 23.6 Å². The van der Waals surface area contributed by atoms with E-state index in [-0.39, 0.29) is 47.3 Å². The number of amides is 2. The maximum absolute atomic E-state index is 13.9. The maximum Gasteiger partial charge on any atom is 0.270 e. The molecule has 4 unspecified atom stereocenters. The van der Waals surface area contributed by atoms with Crippen LogP contribution < -0.4 is 4.74 Å². The van der Waals surface area contributed by atoms with Gasteiger partial charge < -0.3 is 4.74 Å². The number of imide groups is 1. The van der Waals surface area contributed by atoms with Gasteiger partial charge in [0.05, 0.1) is 23.0 Å². The molecule has 1 heterocycles. The minimum atomic E-state index is -0.572. The molecule has 2 fully saturated rings. The zero-order valence-corrected chi connectivity index (χ0v) is 16.8. The van der Waals surface area contributed by atoms with E-state index >= 15 is 0 Å². The highest BCUT2D eigenvalue weighted by molar-refractivity contribution is 6.07. The third-order valence-corrected chi connectivity index (χ3v) is 6.30. The van der Waals surface area contributed by atoms with Crippen molar-refractivity contribution in [3.05, 3.63) is 81.7 Å². The molecular formula is C23H18FN3O5. The Kier molecular flexibility index (Phi) is 4.80. The minimum Gasteiger partial charge on any atom is -0.488 e. The van der Waals surface area contributed by atoms with Gasteiger partial charge in [-0.3, -0.25) is 19.7 Å². The van der Waals surface area contributed by atoms with Crippen molar-refractivity contribution in [2.75, 3.05) is 0 Å². The second kappa shape index (κ2) is 7.67. The van der Waals surface area contributed by atoms with Crippen LogP contribution in [0, 0.1) is 39.6 Å².